The van der Waals surface area contributed by atoms with Crippen LogP contribution in [0, 0.1) is 5.92 Å². The molecule has 1 N–H and O–H groups in total. The molecule has 5 nitrogen and oxygen atoms in total. The number of hydrogen-bond acceptors (Lipinski definition) is 3. The number of hydrogen-bond donors (Lipinski definition) is 1. The van der Waals surface area contributed by atoms with Crippen LogP contribution in [-0.2, 0) is 11.3 Å². The number of ether oxygens (including phenoxy) is 1. The van der Waals surface area contributed by atoms with Gasteiger partial charge in [0.1, 0.15) is 0 Å². The van der Waals surface area contributed by atoms with Gasteiger partial charge in [-0.05, 0) is 18.6 Å². The van der Waals surface area contributed by atoms with Crippen LogP contribution in [0.25, 0.3) is 11.1 Å². The summed E-state index contributed by atoms with van der Waals surface area (Å²) in [6, 6.07) is 8.54. The molecular formula is C21H26N3O2+. The van der Waals surface area contributed by atoms with Gasteiger partial charge in [0.25, 0.3) is 5.56 Å². The highest BCUT2D eigenvalue weighted by molar-refractivity contribution is 5.66. The number of aromatic nitrogens is 2. The number of nitrogens with one attached hydrogen (secondary N) is 1. The molecule has 3 aliphatic rings. The van der Waals surface area contributed by atoms with E-state index in [2.05, 4.69) is 15.6 Å². The molecule has 2 aromatic rings. The summed E-state index contributed by atoms with van der Waals surface area (Å²) in [5.41, 5.74) is 3.70. The van der Waals surface area contributed by atoms with Crippen molar-refractivity contribution in [2.24, 2.45) is 5.92 Å². The van der Waals surface area contributed by atoms with E-state index in [1.54, 1.807) is 17.2 Å². The number of quaternary nitrogens is 1. The van der Waals surface area contributed by atoms with Crippen LogP contribution in [-0.4, -0.2) is 41.9 Å². The van der Waals surface area contributed by atoms with Crippen LogP contribution in [0.2, 0.25) is 0 Å². The van der Waals surface area contributed by atoms with Crippen LogP contribution >= 0.6 is 0 Å². The molecule has 0 spiro atoms. The van der Waals surface area contributed by atoms with Crippen molar-refractivity contribution in [1.82, 2.24) is 9.55 Å². The third-order valence-corrected chi connectivity index (χ3v) is 6.50. The highest BCUT2D eigenvalue weighted by Crippen LogP contribution is 2.36. The smallest absolute Gasteiger partial charge is 0.250 e. The van der Waals surface area contributed by atoms with Crippen molar-refractivity contribution in [3.63, 3.8) is 0 Å². The van der Waals surface area contributed by atoms with Crippen molar-refractivity contribution in [3.8, 4) is 11.1 Å². The summed E-state index contributed by atoms with van der Waals surface area (Å²) >= 11 is 0. The highest BCUT2D eigenvalue weighted by Gasteiger charge is 2.41. The summed E-state index contributed by atoms with van der Waals surface area (Å²) in [7, 11) is 0. The Morgan fingerprint density at radius 2 is 2.04 bits per heavy atom. The van der Waals surface area contributed by atoms with Crippen molar-refractivity contribution >= 4 is 0 Å². The lowest BCUT2D eigenvalue weighted by Gasteiger charge is -2.44. The minimum atomic E-state index is 0.150. The molecule has 3 aliphatic heterocycles. The summed E-state index contributed by atoms with van der Waals surface area (Å²) in [5, 5.41) is 0. The van der Waals surface area contributed by atoms with E-state index < -0.39 is 0 Å². The Bertz CT molecular complexity index is 842. The lowest BCUT2D eigenvalue weighted by Crippen LogP contribution is -3.18. The standard InChI is InChI=1S/C21H25N3O2/c25-20-4-3-19(16-2-1-7-22-11-16)21-17-10-15(13-24(20)21)12-23(14-17)18-5-8-26-9-6-18/h1-4,7,11,15,17-18H,5-6,8-10,12-14H2/p+1/t15-,17+/m0/s1. The minimum absolute atomic E-state index is 0.150. The van der Waals surface area contributed by atoms with Crippen LogP contribution in [0.5, 0.6) is 0 Å². The van der Waals surface area contributed by atoms with E-state index in [1.165, 1.54) is 37.1 Å². The molecule has 3 atom stereocenters. The number of rotatable bonds is 2. The fourth-order valence-corrected chi connectivity index (χ4v) is 5.37. The molecule has 0 amide bonds. The van der Waals surface area contributed by atoms with E-state index in [-0.39, 0.29) is 5.56 Å². The van der Waals surface area contributed by atoms with Gasteiger partial charge in [0.15, 0.2) is 0 Å². The second-order valence-corrected chi connectivity index (χ2v) is 8.07. The van der Waals surface area contributed by atoms with E-state index in [9.17, 15) is 4.79 Å². The first-order valence-corrected chi connectivity index (χ1v) is 9.86. The van der Waals surface area contributed by atoms with Gasteiger partial charge in [-0.15, -0.1) is 0 Å². The lowest BCUT2D eigenvalue weighted by molar-refractivity contribution is -0.937. The average molecular weight is 352 g/mol. The average Bonchev–Trinajstić information content (AvgIpc) is 2.70. The Morgan fingerprint density at radius 1 is 1.15 bits per heavy atom. The largest absolute Gasteiger partial charge is 0.381 e. The van der Waals surface area contributed by atoms with Crippen LogP contribution in [0.3, 0.4) is 0 Å². The Balaban J connectivity index is 1.54. The predicted molar refractivity (Wildman–Crippen MR) is 99.3 cm³/mol. The van der Waals surface area contributed by atoms with Gasteiger partial charge in [-0.25, -0.2) is 0 Å². The SMILES string of the molecule is O=c1ccc(-c2cccnc2)c2n1C[C@H]1C[C@@H]2C[NH+](C2CCOCC2)C1. The second-order valence-electron chi connectivity index (χ2n) is 8.07. The minimum Gasteiger partial charge on any atom is -0.381 e. The number of fused-ring (bicyclic) bond motifs is 4. The maximum atomic E-state index is 12.6. The van der Waals surface area contributed by atoms with Crippen molar-refractivity contribution in [2.45, 2.75) is 37.8 Å². The Hall–Kier alpha value is -1.98. The van der Waals surface area contributed by atoms with Crippen LogP contribution < -0.4 is 10.5 Å². The van der Waals surface area contributed by atoms with Gasteiger partial charge in [0.05, 0.1) is 32.3 Å². The van der Waals surface area contributed by atoms with Gasteiger partial charge in [0.2, 0.25) is 0 Å². The second kappa shape index (κ2) is 6.63. The quantitative estimate of drug-likeness (QED) is 0.880. The van der Waals surface area contributed by atoms with Crippen molar-refractivity contribution in [1.29, 1.82) is 0 Å². The lowest BCUT2D eigenvalue weighted by atomic mass is 9.80. The zero-order valence-corrected chi connectivity index (χ0v) is 15.1. The molecule has 0 aliphatic carbocycles. The third-order valence-electron chi connectivity index (χ3n) is 6.50. The first kappa shape index (κ1) is 16.2. The van der Waals surface area contributed by atoms with Gasteiger partial charge in [0, 0.05) is 66.5 Å². The zero-order chi connectivity index (χ0) is 17.5. The highest BCUT2D eigenvalue weighted by atomic mass is 16.5. The Labute approximate surface area is 153 Å². The molecule has 2 aromatic heterocycles. The molecule has 0 aromatic carbocycles. The molecule has 1 unspecified atom stereocenters. The first-order chi connectivity index (χ1) is 12.8. The summed E-state index contributed by atoms with van der Waals surface area (Å²) < 4.78 is 7.63. The number of nitrogens with zero attached hydrogens (tertiary/aromatic N) is 2. The Morgan fingerprint density at radius 3 is 2.85 bits per heavy atom. The fourth-order valence-electron chi connectivity index (χ4n) is 5.37. The van der Waals surface area contributed by atoms with Crippen molar-refractivity contribution in [2.75, 3.05) is 26.3 Å². The number of likely N-dealkylation sites (tertiary alicyclic amines) is 1. The van der Waals surface area contributed by atoms with Gasteiger partial charge < -0.3 is 14.2 Å². The number of piperidine rings is 1. The molecule has 136 valence electrons. The molecule has 0 radical (unpaired) electrons. The molecule has 0 saturated carbocycles. The number of pyridine rings is 2. The molecule has 26 heavy (non-hydrogen) atoms. The molecular weight excluding hydrogens is 326 g/mol. The summed E-state index contributed by atoms with van der Waals surface area (Å²) in [6.07, 6.45) is 7.28. The summed E-state index contributed by atoms with van der Waals surface area (Å²) in [4.78, 5) is 18.6. The van der Waals surface area contributed by atoms with Crippen LogP contribution in [0.4, 0.5) is 0 Å². The van der Waals surface area contributed by atoms with E-state index in [1.807, 2.05) is 18.3 Å². The molecule has 2 saturated heterocycles. The van der Waals surface area contributed by atoms with Gasteiger partial charge >= 0.3 is 0 Å². The molecule has 5 heterocycles. The van der Waals surface area contributed by atoms with E-state index >= 15 is 0 Å². The van der Waals surface area contributed by atoms with Crippen LogP contribution in [0.15, 0.2) is 41.5 Å². The van der Waals surface area contributed by atoms with E-state index in [4.69, 9.17) is 4.74 Å². The Kier molecular flexibility index (Phi) is 4.14. The maximum absolute atomic E-state index is 12.6. The van der Waals surface area contributed by atoms with E-state index in [0.717, 1.165) is 37.9 Å². The third kappa shape index (κ3) is 2.79. The first-order valence-electron chi connectivity index (χ1n) is 9.86. The van der Waals surface area contributed by atoms with Gasteiger partial charge in [-0.1, -0.05) is 6.07 Å². The topological polar surface area (TPSA) is 48.6 Å². The van der Waals surface area contributed by atoms with E-state index in [0.29, 0.717) is 11.8 Å². The summed E-state index contributed by atoms with van der Waals surface area (Å²) in [5.74, 6) is 1.07. The summed E-state index contributed by atoms with van der Waals surface area (Å²) in [6.45, 7) is 5.01. The molecule has 5 rings (SSSR count). The molecule has 2 fully saturated rings. The van der Waals surface area contributed by atoms with Gasteiger partial charge in [-0.3, -0.25) is 9.78 Å². The maximum Gasteiger partial charge on any atom is 0.250 e. The van der Waals surface area contributed by atoms with Crippen molar-refractivity contribution < 1.29 is 9.64 Å². The molecule has 2 bridgehead atoms. The normalized spacial score (nSPS) is 28.5. The fraction of sp³-hybridized carbons (Fsp3) is 0.524. The van der Waals surface area contributed by atoms with Gasteiger partial charge in [-0.2, -0.15) is 0 Å². The van der Waals surface area contributed by atoms with Crippen molar-refractivity contribution in [3.05, 3.63) is 52.7 Å². The monoisotopic (exact) mass is 352 g/mol. The van der Waals surface area contributed by atoms with Crippen LogP contribution in [0.1, 0.15) is 30.9 Å². The zero-order valence-electron chi connectivity index (χ0n) is 15.1. The molecule has 5 heteroatoms. The predicted octanol–water partition coefficient (Wildman–Crippen LogP) is 1.09.